The van der Waals surface area contributed by atoms with Crippen LogP contribution in [0.3, 0.4) is 0 Å². The number of halogens is 2. The van der Waals surface area contributed by atoms with E-state index in [0.29, 0.717) is 22.6 Å². The van der Waals surface area contributed by atoms with Gasteiger partial charge >= 0.3 is 0 Å². The van der Waals surface area contributed by atoms with Gasteiger partial charge in [0, 0.05) is 17.3 Å². The minimum atomic E-state index is -0.848. The highest BCUT2D eigenvalue weighted by molar-refractivity contribution is 6.03. The van der Waals surface area contributed by atoms with Gasteiger partial charge in [0.1, 0.15) is 29.7 Å². The Morgan fingerprint density at radius 3 is 2.38 bits per heavy atom. The van der Waals surface area contributed by atoms with Crippen molar-refractivity contribution in [2.24, 2.45) is 0 Å². The number of fused-ring (bicyclic) bond motifs is 1. The van der Waals surface area contributed by atoms with E-state index < -0.39 is 29.5 Å². The minimum absolute atomic E-state index is 0.202. The molecule has 0 aliphatic carbocycles. The molecule has 0 aromatic heterocycles. The number of hydrogen-bond donors (Lipinski definition) is 1. The summed E-state index contributed by atoms with van der Waals surface area (Å²) < 4.78 is 38.4. The van der Waals surface area contributed by atoms with Crippen molar-refractivity contribution in [1.29, 1.82) is 0 Å². The van der Waals surface area contributed by atoms with Gasteiger partial charge in [-0.15, -0.1) is 0 Å². The Bertz CT molecular complexity index is 1180. The highest BCUT2D eigenvalue weighted by atomic mass is 19.1. The van der Waals surface area contributed by atoms with Crippen LogP contribution in [0.1, 0.15) is 27.5 Å². The molecule has 1 N–H and O–H groups in total. The van der Waals surface area contributed by atoms with Crippen molar-refractivity contribution in [2.75, 3.05) is 26.1 Å². The second-order valence-electron chi connectivity index (χ2n) is 7.23. The molecule has 0 fully saturated rings. The molecule has 0 radical (unpaired) electrons. The number of nitrogens with one attached hydrogen (secondary N) is 1. The third kappa shape index (κ3) is 3.99. The maximum atomic E-state index is 14.2. The Kier molecular flexibility index (Phi) is 5.77. The third-order valence-corrected chi connectivity index (χ3v) is 5.29. The van der Waals surface area contributed by atoms with Crippen LogP contribution in [-0.4, -0.2) is 37.5 Å². The maximum absolute atomic E-state index is 14.2. The fourth-order valence-corrected chi connectivity index (χ4v) is 3.80. The summed E-state index contributed by atoms with van der Waals surface area (Å²) in [6.07, 6.45) is 0. The molecule has 164 valence electrons. The first-order valence-corrected chi connectivity index (χ1v) is 9.79. The van der Waals surface area contributed by atoms with Crippen LogP contribution in [0.25, 0.3) is 0 Å². The predicted molar refractivity (Wildman–Crippen MR) is 114 cm³/mol. The Labute approximate surface area is 183 Å². The lowest BCUT2D eigenvalue weighted by Gasteiger charge is -2.31. The second-order valence-corrected chi connectivity index (χ2v) is 7.23. The molecular weight excluding hydrogens is 418 g/mol. The number of carbonyl (C=O) groups excluding carboxylic acids is 2. The maximum Gasteiger partial charge on any atom is 0.258 e. The fourth-order valence-electron chi connectivity index (χ4n) is 3.80. The van der Waals surface area contributed by atoms with Crippen LogP contribution in [0.15, 0.2) is 60.7 Å². The van der Waals surface area contributed by atoms with Gasteiger partial charge in [-0.3, -0.25) is 9.59 Å². The number of anilines is 1. The van der Waals surface area contributed by atoms with Crippen LogP contribution >= 0.6 is 0 Å². The summed E-state index contributed by atoms with van der Waals surface area (Å²) in [5.41, 5.74) is 1.48. The van der Waals surface area contributed by atoms with E-state index in [9.17, 15) is 18.4 Å². The van der Waals surface area contributed by atoms with Crippen LogP contribution in [0.4, 0.5) is 14.5 Å². The van der Waals surface area contributed by atoms with E-state index >= 15 is 0 Å². The van der Waals surface area contributed by atoms with Gasteiger partial charge in [0.05, 0.1) is 25.8 Å². The summed E-state index contributed by atoms with van der Waals surface area (Å²) in [6.45, 7) is -0.299. The van der Waals surface area contributed by atoms with Gasteiger partial charge in [-0.25, -0.2) is 8.78 Å². The molecule has 8 heteroatoms. The van der Waals surface area contributed by atoms with Crippen molar-refractivity contribution in [2.45, 2.75) is 6.04 Å². The van der Waals surface area contributed by atoms with Crippen LogP contribution in [0, 0.1) is 11.6 Å². The monoisotopic (exact) mass is 438 g/mol. The largest absolute Gasteiger partial charge is 0.497 e. The molecule has 0 saturated carbocycles. The first-order valence-electron chi connectivity index (χ1n) is 9.79. The first-order chi connectivity index (χ1) is 15.4. The van der Waals surface area contributed by atoms with Gasteiger partial charge in [-0.1, -0.05) is 12.1 Å². The lowest BCUT2D eigenvalue weighted by molar-refractivity contribution is -0.117. The molecule has 1 aliphatic rings. The van der Waals surface area contributed by atoms with E-state index in [1.807, 2.05) is 0 Å². The van der Waals surface area contributed by atoms with E-state index in [4.69, 9.17) is 9.47 Å². The third-order valence-electron chi connectivity index (χ3n) is 5.29. The van der Waals surface area contributed by atoms with Gasteiger partial charge in [-0.05, 0) is 48.0 Å². The van der Waals surface area contributed by atoms with E-state index in [-0.39, 0.29) is 17.9 Å². The zero-order valence-electron chi connectivity index (χ0n) is 17.4. The number of methoxy groups -OCH3 is 2. The van der Waals surface area contributed by atoms with E-state index in [0.717, 1.165) is 0 Å². The summed E-state index contributed by atoms with van der Waals surface area (Å²) in [7, 11) is 2.91. The SMILES string of the molecule is COc1ccc(C(=O)N2CC(=O)Nc3ccc(F)cc3[C@@H]2c2ccc(F)cc2)c(OC)c1. The molecule has 0 bridgehead atoms. The minimum Gasteiger partial charge on any atom is -0.497 e. The number of nitrogens with zero attached hydrogens (tertiary/aromatic N) is 1. The Morgan fingerprint density at radius 2 is 1.69 bits per heavy atom. The first kappa shape index (κ1) is 21.3. The van der Waals surface area contributed by atoms with Crippen LogP contribution in [0.5, 0.6) is 11.5 Å². The molecule has 32 heavy (non-hydrogen) atoms. The molecule has 4 rings (SSSR count). The Morgan fingerprint density at radius 1 is 0.969 bits per heavy atom. The molecule has 2 amide bonds. The summed E-state index contributed by atoms with van der Waals surface area (Å²) >= 11 is 0. The van der Waals surface area contributed by atoms with Crippen molar-refractivity contribution in [3.8, 4) is 11.5 Å². The van der Waals surface area contributed by atoms with Gasteiger partial charge in [0.25, 0.3) is 5.91 Å². The van der Waals surface area contributed by atoms with Gasteiger partial charge in [-0.2, -0.15) is 0 Å². The van der Waals surface area contributed by atoms with Gasteiger partial charge in [0.15, 0.2) is 0 Å². The van der Waals surface area contributed by atoms with Crippen molar-refractivity contribution in [3.05, 3.63) is 89.0 Å². The highest BCUT2D eigenvalue weighted by Gasteiger charge is 2.35. The van der Waals surface area contributed by atoms with E-state index in [2.05, 4.69) is 5.32 Å². The number of rotatable bonds is 4. The second kappa shape index (κ2) is 8.66. The van der Waals surface area contributed by atoms with E-state index in [1.165, 1.54) is 67.7 Å². The lowest BCUT2D eigenvalue weighted by Crippen LogP contribution is -2.39. The van der Waals surface area contributed by atoms with Crippen molar-refractivity contribution < 1.29 is 27.8 Å². The number of ether oxygens (including phenoxy) is 2. The molecule has 1 heterocycles. The molecule has 1 aliphatic heterocycles. The predicted octanol–water partition coefficient (Wildman–Crippen LogP) is 4.17. The molecule has 0 spiro atoms. The molecular formula is C24H20F2N2O4. The topological polar surface area (TPSA) is 67.9 Å². The smallest absolute Gasteiger partial charge is 0.258 e. The molecule has 6 nitrogen and oxygen atoms in total. The molecule has 0 unspecified atom stereocenters. The molecule has 0 saturated heterocycles. The van der Waals surface area contributed by atoms with Crippen LogP contribution < -0.4 is 14.8 Å². The normalized spacial score (nSPS) is 15.4. The number of carbonyl (C=O) groups is 2. The summed E-state index contributed by atoms with van der Waals surface area (Å²) in [6, 6.07) is 13.3. The Balaban J connectivity index is 1.89. The molecule has 3 aromatic carbocycles. The quantitative estimate of drug-likeness (QED) is 0.664. The standard InChI is InChI=1S/C24H20F2N2O4/c1-31-17-8-9-18(21(12-17)32-2)24(30)28-13-22(29)27-20-10-7-16(26)11-19(20)23(28)14-3-5-15(25)6-4-14/h3-12,23H,13H2,1-2H3,(H,27,29)/t23-/m0/s1. The Hall–Kier alpha value is -3.94. The van der Waals surface area contributed by atoms with Gasteiger partial charge < -0.3 is 19.7 Å². The summed E-state index contributed by atoms with van der Waals surface area (Å²) in [5, 5.41) is 2.72. The van der Waals surface area contributed by atoms with Crippen molar-refractivity contribution in [3.63, 3.8) is 0 Å². The molecule has 3 aromatic rings. The summed E-state index contributed by atoms with van der Waals surface area (Å²) in [5.74, 6) is -1.17. The van der Waals surface area contributed by atoms with Crippen LogP contribution in [-0.2, 0) is 4.79 Å². The number of benzene rings is 3. The fraction of sp³-hybridized carbons (Fsp3) is 0.167. The number of amides is 2. The molecule has 1 atom stereocenters. The van der Waals surface area contributed by atoms with Crippen LogP contribution in [0.2, 0.25) is 0 Å². The lowest BCUT2D eigenvalue weighted by atomic mass is 9.95. The number of hydrogen-bond acceptors (Lipinski definition) is 4. The zero-order valence-corrected chi connectivity index (χ0v) is 17.4. The van der Waals surface area contributed by atoms with E-state index in [1.54, 1.807) is 12.1 Å². The van der Waals surface area contributed by atoms with Gasteiger partial charge in [0.2, 0.25) is 5.91 Å². The average molecular weight is 438 g/mol. The average Bonchev–Trinajstić information content (AvgIpc) is 2.94. The zero-order chi connectivity index (χ0) is 22.8. The van der Waals surface area contributed by atoms with Crippen molar-refractivity contribution in [1.82, 2.24) is 4.90 Å². The highest BCUT2D eigenvalue weighted by Crippen LogP contribution is 2.38. The van der Waals surface area contributed by atoms with Crippen molar-refractivity contribution >= 4 is 17.5 Å². The summed E-state index contributed by atoms with van der Waals surface area (Å²) in [4.78, 5) is 27.7.